The molecule has 100 valence electrons. The van der Waals surface area contributed by atoms with Crippen molar-refractivity contribution in [1.82, 2.24) is 15.2 Å². The third-order valence-corrected chi connectivity index (χ3v) is 3.42. The average Bonchev–Trinajstić information content (AvgIpc) is 2.76. The molecule has 18 heavy (non-hydrogen) atoms. The van der Waals surface area contributed by atoms with Gasteiger partial charge in [-0.3, -0.25) is 9.59 Å². The van der Waals surface area contributed by atoms with Gasteiger partial charge in [-0.1, -0.05) is 11.3 Å². The smallest absolute Gasteiger partial charge is 0.268 e. The molecular formula is C10H17N5O2S. The van der Waals surface area contributed by atoms with Crippen molar-refractivity contribution in [3.05, 3.63) is 4.88 Å². The zero-order valence-corrected chi connectivity index (χ0v) is 11.4. The number of carbonyl (C=O) groups is 2. The Balaban J connectivity index is 2.89. The van der Waals surface area contributed by atoms with Gasteiger partial charge in [0.1, 0.15) is 10.7 Å². The Bertz CT molecular complexity index is 445. The number of amides is 2. The summed E-state index contributed by atoms with van der Waals surface area (Å²) in [5, 5.41) is 5.88. The van der Waals surface area contributed by atoms with Crippen molar-refractivity contribution in [1.29, 1.82) is 0 Å². The molecule has 0 aromatic carbocycles. The number of hydrogen-bond acceptors (Lipinski definition) is 6. The molecule has 0 unspecified atom stereocenters. The quantitative estimate of drug-likeness (QED) is 0.698. The summed E-state index contributed by atoms with van der Waals surface area (Å²) in [5.74, 6) is -0.315. The van der Waals surface area contributed by atoms with Gasteiger partial charge in [-0.15, -0.1) is 0 Å². The van der Waals surface area contributed by atoms with Crippen LogP contribution in [0.5, 0.6) is 0 Å². The molecule has 1 heterocycles. The Labute approximate surface area is 109 Å². The van der Waals surface area contributed by atoms with Gasteiger partial charge in [-0.05, 0) is 6.92 Å². The van der Waals surface area contributed by atoms with Crippen LogP contribution in [-0.4, -0.2) is 48.9 Å². The van der Waals surface area contributed by atoms with Gasteiger partial charge in [0.2, 0.25) is 5.91 Å². The summed E-state index contributed by atoms with van der Waals surface area (Å²) in [6, 6.07) is 0. The van der Waals surface area contributed by atoms with E-state index in [1.54, 1.807) is 14.0 Å². The summed E-state index contributed by atoms with van der Waals surface area (Å²) in [6.45, 7) is 2.24. The molecule has 4 N–H and O–H groups in total. The SMILES string of the molecule is CCN(CC(=O)NC)C(=O)c1sc(NC)nc1N. The van der Waals surface area contributed by atoms with Crippen LogP contribution in [0, 0.1) is 0 Å². The second-order valence-electron chi connectivity index (χ2n) is 3.48. The minimum Gasteiger partial charge on any atom is -0.382 e. The predicted octanol–water partition coefficient (Wildman–Crippen LogP) is -0.0249. The van der Waals surface area contributed by atoms with Crippen molar-refractivity contribution in [3.8, 4) is 0 Å². The van der Waals surface area contributed by atoms with Gasteiger partial charge in [-0.2, -0.15) is 0 Å². The highest BCUT2D eigenvalue weighted by Gasteiger charge is 2.22. The third-order valence-electron chi connectivity index (χ3n) is 2.34. The molecule has 0 saturated heterocycles. The number of aromatic nitrogens is 1. The molecule has 1 aromatic heterocycles. The molecule has 0 atom stereocenters. The van der Waals surface area contributed by atoms with Crippen LogP contribution >= 0.6 is 11.3 Å². The maximum absolute atomic E-state index is 12.2. The summed E-state index contributed by atoms with van der Waals surface area (Å²) >= 11 is 1.18. The van der Waals surface area contributed by atoms with E-state index in [1.807, 2.05) is 0 Å². The largest absolute Gasteiger partial charge is 0.382 e. The molecule has 0 spiro atoms. The van der Waals surface area contributed by atoms with Gasteiger partial charge in [0.05, 0.1) is 6.54 Å². The molecule has 0 aliphatic rings. The van der Waals surface area contributed by atoms with Gasteiger partial charge in [0.25, 0.3) is 5.91 Å². The van der Waals surface area contributed by atoms with Crippen LogP contribution in [-0.2, 0) is 4.79 Å². The van der Waals surface area contributed by atoms with E-state index in [1.165, 1.54) is 23.3 Å². The summed E-state index contributed by atoms with van der Waals surface area (Å²) < 4.78 is 0. The molecule has 0 saturated carbocycles. The van der Waals surface area contributed by atoms with Gasteiger partial charge < -0.3 is 21.3 Å². The van der Waals surface area contributed by atoms with E-state index in [-0.39, 0.29) is 24.2 Å². The van der Waals surface area contributed by atoms with E-state index in [9.17, 15) is 9.59 Å². The lowest BCUT2D eigenvalue weighted by Gasteiger charge is -2.18. The van der Waals surface area contributed by atoms with E-state index in [0.717, 1.165) is 0 Å². The first-order chi connectivity index (χ1) is 8.53. The Kier molecular flexibility index (Phi) is 4.90. The number of nitrogens with zero attached hydrogens (tertiary/aromatic N) is 2. The van der Waals surface area contributed by atoms with Crippen molar-refractivity contribution < 1.29 is 9.59 Å². The standard InChI is InChI=1S/C10H17N5O2S/c1-4-15(5-6(16)12-2)9(17)7-8(11)14-10(13-3)18-7/h4-5,11H2,1-3H3,(H,12,16)(H,13,14). The number of likely N-dealkylation sites (N-methyl/N-ethyl adjacent to an activating group) is 2. The number of carbonyl (C=O) groups excluding carboxylic acids is 2. The van der Waals surface area contributed by atoms with Crippen LogP contribution in [0.3, 0.4) is 0 Å². The van der Waals surface area contributed by atoms with Crippen molar-refractivity contribution in [3.63, 3.8) is 0 Å². The molecule has 1 rings (SSSR count). The molecule has 7 nitrogen and oxygen atoms in total. The van der Waals surface area contributed by atoms with Crippen molar-refractivity contribution >= 4 is 34.1 Å². The zero-order valence-electron chi connectivity index (χ0n) is 10.6. The monoisotopic (exact) mass is 271 g/mol. The first-order valence-corrected chi connectivity index (χ1v) is 6.29. The van der Waals surface area contributed by atoms with Crippen LogP contribution in [0.2, 0.25) is 0 Å². The molecule has 0 bridgehead atoms. The fourth-order valence-corrected chi connectivity index (χ4v) is 2.12. The van der Waals surface area contributed by atoms with Crippen LogP contribution in [0.15, 0.2) is 0 Å². The first kappa shape index (κ1) is 14.2. The molecule has 0 fully saturated rings. The maximum Gasteiger partial charge on any atom is 0.268 e. The highest BCUT2D eigenvalue weighted by atomic mass is 32.1. The normalized spacial score (nSPS) is 9.94. The zero-order chi connectivity index (χ0) is 13.7. The lowest BCUT2D eigenvalue weighted by molar-refractivity contribution is -0.121. The Morgan fingerprint density at radius 2 is 2.11 bits per heavy atom. The molecule has 0 aliphatic carbocycles. The fraction of sp³-hybridized carbons (Fsp3) is 0.500. The maximum atomic E-state index is 12.2. The highest BCUT2D eigenvalue weighted by Crippen LogP contribution is 2.25. The number of nitrogen functional groups attached to an aromatic ring is 1. The van der Waals surface area contributed by atoms with Gasteiger partial charge in [0.15, 0.2) is 5.13 Å². The molecule has 0 radical (unpaired) electrons. The minimum atomic E-state index is -0.280. The molecule has 2 amide bonds. The van der Waals surface area contributed by atoms with E-state index in [2.05, 4.69) is 15.6 Å². The Morgan fingerprint density at radius 1 is 1.44 bits per heavy atom. The van der Waals surface area contributed by atoms with Crippen molar-refractivity contribution in [2.24, 2.45) is 0 Å². The van der Waals surface area contributed by atoms with Crippen LogP contribution in [0.4, 0.5) is 10.9 Å². The Morgan fingerprint density at radius 3 is 2.56 bits per heavy atom. The molecule has 0 aliphatic heterocycles. The molecule has 8 heteroatoms. The van der Waals surface area contributed by atoms with Crippen molar-refractivity contribution in [2.45, 2.75) is 6.92 Å². The van der Waals surface area contributed by atoms with E-state index in [0.29, 0.717) is 16.6 Å². The lowest BCUT2D eigenvalue weighted by Crippen LogP contribution is -2.39. The number of nitrogens with two attached hydrogens (primary N) is 1. The van der Waals surface area contributed by atoms with Gasteiger partial charge in [-0.25, -0.2) is 4.98 Å². The predicted molar refractivity (Wildman–Crippen MR) is 71.7 cm³/mol. The van der Waals surface area contributed by atoms with Crippen LogP contribution in [0.25, 0.3) is 0 Å². The molecule has 1 aromatic rings. The number of anilines is 2. The van der Waals surface area contributed by atoms with Crippen LogP contribution in [0.1, 0.15) is 16.6 Å². The number of hydrogen-bond donors (Lipinski definition) is 3. The first-order valence-electron chi connectivity index (χ1n) is 5.47. The second-order valence-corrected chi connectivity index (χ2v) is 4.47. The van der Waals surface area contributed by atoms with E-state index >= 15 is 0 Å². The second kappa shape index (κ2) is 6.20. The number of nitrogens with one attached hydrogen (secondary N) is 2. The van der Waals surface area contributed by atoms with Crippen molar-refractivity contribution in [2.75, 3.05) is 38.2 Å². The number of thiazole rings is 1. The third kappa shape index (κ3) is 3.10. The van der Waals surface area contributed by atoms with Gasteiger partial charge in [0, 0.05) is 20.6 Å². The highest BCUT2D eigenvalue weighted by molar-refractivity contribution is 7.18. The van der Waals surface area contributed by atoms with E-state index < -0.39 is 0 Å². The average molecular weight is 271 g/mol. The molecular weight excluding hydrogens is 254 g/mol. The summed E-state index contributed by atoms with van der Waals surface area (Å²) in [5.41, 5.74) is 5.68. The summed E-state index contributed by atoms with van der Waals surface area (Å²) in [6.07, 6.45) is 0. The van der Waals surface area contributed by atoms with Gasteiger partial charge >= 0.3 is 0 Å². The Hall–Kier alpha value is -1.83. The summed E-state index contributed by atoms with van der Waals surface area (Å²) in [4.78, 5) is 29.3. The fourth-order valence-electron chi connectivity index (χ4n) is 1.32. The lowest BCUT2D eigenvalue weighted by atomic mass is 10.3. The number of rotatable bonds is 5. The topological polar surface area (TPSA) is 100 Å². The summed E-state index contributed by atoms with van der Waals surface area (Å²) in [7, 11) is 3.23. The minimum absolute atomic E-state index is 0.0120. The van der Waals surface area contributed by atoms with E-state index in [4.69, 9.17) is 5.73 Å². The van der Waals surface area contributed by atoms with Crippen LogP contribution < -0.4 is 16.4 Å².